The van der Waals surface area contributed by atoms with Crippen molar-refractivity contribution in [3.63, 3.8) is 0 Å². The molecule has 4 heteroatoms. The number of pyridine rings is 1. The molecule has 4 nitrogen and oxygen atoms in total. The summed E-state index contributed by atoms with van der Waals surface area (Å²) in [5, 5.41) is 9.22. The molecule has 0 bridgehead atoms. The Morgan fingerprint density at radius 3 is 2.74 bits per heavy atom. The molecule has 19 heavy (non-hydrogen) atoms. The van der Waals surface area contributed by atoms with E-state index in [1.807, 2.05) is 0 Å². The molecule has 1 saturated heterocycles. The van der Waals surface area contributed by atoms with E-state index in [4.69, 9.17) is 0 Å². The van der Waals surface area contributed by atoms with Gasteiger partial charge < -0.3 is 10.0 Å². The third kappa shape index (κ3) is 3.06. The molecule has 0 radical (unpaired) electrons. The lowest BCUT2D eigenvalue weighted by atomic mass is 10.1. The highest BCUT2D eigenvalue weighted by Gasteiger charge is 2.27. The molecule has 1 fully saturated rings. The standard InChI is InChI=1S/C15H22N2O2/c1-4-5-13-7-12(15(18)19)8-14(16-13)17-9-10(2)6-11(17)3/h7-8,10-11H,4-6,9H2,1-3H3,(H,18,19). The number of carboxylic acid groups (broad SMARTS) is 1. The number of aromatic nitrogens is 1. The molecule has 104 valence electrons. The van der Waals surface area contributed by atoms with Crippen molar-refractivity contribution in [3.8, 4) is 0 Å². The van der Waals surface area contributed by atoms with Gasteiger partial charge in [0.2, 0.25) is 0 Å². The largest absolute Gasteiger partial charge is 0.478 e. The number of hydrogen-bond acceptors (Lipinski definition) is 3. The van der Waals surface area contributed by atoms with Crippen LogP contribution in [-0.2, 0) is 6.42 Å². The van der Waals surface area contributed by atoms with Crippen LogP contribution in [0.3, 0.4) is 0 Å². The molecule has 1 aliphatic heterocycles. The van der Waals surface area contributed by atoms with Crippen molar-refractivity contribution >= 4 is 11.8 Å². The Kier molecular flexibility index (Phi) is 4.08. The van der Waals surface area contributed by atoms with E-state index in [-0.39, 0.29) is 0 Å². The molecule has 0 saturated carbocycles. The van der Waals surface area contributed by atoms with Gasteiger partial charge in [-0.2, -0.15) is 0 Å². The van der Waals surface area contributed by atoms with Crippen LogP contribution < -0.4 is 4.90 Å². The van der Waals surface area contributed by atoms with Gasteiger partial charge >= 0.3 is 5.97 Å². The van der Waals surface area contributed by atoms with Gasteiger partial charge in [-0.25, -0.2) is 9.78 Å². The number of aromatic carboxylic acids is 1. The second-order valence-corrected chi connectivity index (χ2v) is 5.60. The molecule has 2 heterocycles. The van der Waals surface area contributed by atoms with Gasteiger partial charge in [0.1, 0.15) is 5.82 Å². The van der Waals surface area contributed by atoms with Crippen molar-refractivity contribution in [1.29, 1.82) is 0 Å². The van der Waals surface area contributed by atoms with Gasteiger partial charge in [-0.3, -0.25) is 0 Å². The summed E-state index contributed by atoms with van der Waals surface area (Å²) in [6.07, 6.45) is 2.94. The molecule has 1 aromatic heterocycles. The van der Waals surface area contributed by atoms with Crippen molar-refractivity contribution < 1.29 is 9.90 Å². The van der Waals surface area contributed by atoms with Gasteiger partial charge in [0.05, 0.1) is 5.56 Å². The second-order valence-electron chi connectivity index (χ2n) is 5.60. The molecule has 1 N–H and O–H groups in total. The smallest absolute Gasteiger partial charge is 0.335 e. The van der Waals surface area contributed by atoms with E-state index in [0.717, 1.165) is 37.3 Å². The van der Waals surface area contributed by atoms with Crippen LogP contribution >= 0.6 is 0 Å². The van der Waals surface area contributed by atoms with E-state index >= 15 is 0 Å². The predicted molar refractivity (Wildman–Crippen MR) is 75.8 cm³/mol. The summed E-state index contributed by atoms with van der Waals surface area (Å²) in [5.74, 6) is 0.584. The summed E-state index contributed by atoms with van der Waals surface area (Å²) in [4.78, 5) is 18.1. The Balaban J connectivity index is 2.36. The lowest BCUT2D eigenvalue weighted by Crippen LogP contribution is -2.28. The molecule has 2 rings (SSSR count). The maximum absolute atomic E-state index is 11.2. The molecule has 1 aromatic rings. The lowest BCUT2D eigenvalue weighted by Gasteiger charge is -2.23. The summed E-state index contributed by atoms with van der Waals surface area (Å²) < 4.78 is 0. The van der Waals surface area contributed by atoms with Crippen LogP contribution in [0, 0.1) is 5.92 Å². The zero-order chi connectivity index (χ0) is 14.0. The van der Waals surface area contributed by atoms with E-state index in [0.29, 0.717) is 17.5 Å². The first-order chi connectivity index (χ1) is 9.01. The zero-order valence-corrected chi connectivity index (χ0v) is 11.9. The van der Waals surface area contributed by atoms with Crippen LogP contribution in [0.25, 0.3) is 0 Å². The van der Waals surface area contributed by atoms with E-state index in [1.54, 1.807) is 12.1 Å². The predicted octanol–water partition coefficient (Wildman–Crippen LogP) is 2.97. The molecule has 1 aliphatic rings. The second kappa shape index (κ2) is 5.59. The van der Waals surface area contributed by atoms with Crippen LogP contribution in [0.2, 0.25) is 0 Å². The average Bonchev–Trinajstić information content (AvgIpc) is 2.68. The minimum absolute atomic E-state index is 0.347. The summed E-state index contributed by atoms with van der Waals surface area (Å²) in [6.45, 7) is 7.45. The van der Waals surface area contributed by atoms with Crippen LogP contribution in [0.1, 0.15) is 49.7 Å². The Bertz CT molecular complexity index is 473. The molecule has 0 amide bonds. The highest BCUT2D eigenvalue weighted by molar-refractivity contribution is 5.88. The van der Waals surface area contributed by atoms with E-state index in [1.165, 1.54) is 0 Å². The Hall–Kier alpha value is -1.58. The summed E-state index contributed by atoms with van der Waals surface area (Å²) in [6, 6.07) is 3.83. The number of anilines is 1. The quantitative estimate of drug-likeness (QED) is 0.906. The van der Waals surface area contributed by atoms with Gasteiger partial charge in [-0.1, -0.05) is 20.3 Å². The van der Waals surface area contributed by atoms with Crippen molar-refractivity contribution in [1.82, 2.24) is 4.98 Å². The Morgan fingerprint density at radius 1 is 1.47 bits per heavy atom. The fourth-order valence-corrected chi connectivity index (χ4v) is 2.85. The van der Waals surface area contributed by atoms with Crippen molar-refractivity contribution in [2.75, 3.05) is 11.4 Å². The average molecular weight is 262 g/mol. The fraction of sp³-hybridized carbons (Fsp3) is 0.600. The molecule has 0 spiro atoms. The molecular formula is C15H22N2O2. The van der Waals surface area contributed by atoms with Crippen LogP contribution in [0.15, 0.2) is 12.1 Å². The summed E-state index contributed by atoms with van der Waals surface area (Å²) in [5.41, 5.74) is 1.23. The maximum Gasteiger partial charge on any atom is 0.335 e. The first-order valence-electron chi connectivity index (χ1n) is 7.02. The van der Waals surface area contributed by atoms with Crippen LogP contribution in [0.5, 0.6) is 0 Å². The lowest BCUT2D eigenvalue weighted by molar-refractivity contribution is 0.0696. The van der Waals surface area contributed by atoms with Gasteiger partial charge in [-0.15, -0.1) is 0 Å². The van der Waals surface area contributed by atoms with E-state index < -0.39 is 5.97 Å². The Labute approximate surface area is 114 Å². The SMILES string of the molecule is CCCc1cc(C(=O)O)cc(N2CC(C)CC2C)n1. The molecule has 2 atom stereocenters. The monoisotopic (exact) mass is 262 g/mol. The number of carbonyl (C=O) groups is 1. The molecule has 2 unspecified atom stereocenters. The number of rotatable bonds is 4. The highest BCUT2D eigenvalue weighted by Crippen LogP contribution is 2.28. The molecular weight excluding hydrogens is 240 g/mol. The van der Waals surface area contributed by atoms with E-state index in [2.05, 4.69) is 30.7 Å². The maximum atomic E-state index is 11.2. The first kappa shape index (κ1) is 13.8. The Morgan fingerprint density at radius 2 is 2.21 bits per heavy atom. The van der Waals surface area contributed by atoms with Crippen molar-refractivity contribution in [2.24, 2.45) is 5.92 Å². The number of carboxylic acids is 1. The molecule has 0 aliphatic carbocycles. The van der Waals surface area contributed by atoms with Gasteiger partial charge in [0.15, 0.2) is 0 Å². The van der Waals surface area contributed by atoms with Crippen molar-refractivity contribution in [3.05, 3.63) is 23.4 Å². The first-order valence-corrected chi connectivity index (χ1v) is 7.02. The minimum Gasteiger partial charge on any atom is -0.478 e. The van der Waals surface area contributed by atoms with Crippen molar-refractivity contribution in [2.45, 2.75) is 46.1 Å². The van der Waals surface area contributed by atoms with Gasteiger partial charge in [0, 0.05) is 18.3 Å². The number of hydrogen-bond donors (Lipinski definition) is 1. The normalized spacial score (nSPS) is 22.8. The zero-order valence-electron chi connectivity index (χ0n) is 11.9. The third-order valence-electron chi connectivity index (χ3n) is 3.70. The van der Waals surface area contributed by atoms with Gasteiger partial charge in [-0.05, 0) is 37.8 Å². The highest BCUT2D eigenvalue weighted by atomic mass is 16.4. The van der Waals surface area contributed by atoms with Crippen LogP contribution in [-0.4, -0.2) is 28.6 Å². The van der Waals surface area contributed by atoms with E-state index in [9.17, 15) is 9.90 Å². The van der Waals surface area contributed by atoms with Crippen LogP contribution in [0.4, 0.5) is 5.82 Å². The number of aryl methyl sites for hydroxylation is 1. The number of nitrogens with zero attached hydrogens (tertiary/aromatic N) is 2. The minimum atomic E-state index is -0.874. The van der Waals surface area contributed by atoms with Gasteiger partial charge in [0.25, 0.3) is 0 Å². The molecule has 0 aromatic carbocycles. The fourth-order valence-electron chi connectivity index (χ4n) is 2.85. The summed E-state index contributed by atoms with van der Waals surface area (Å²) in [7, 11) is 0. The summed E-state index contributed by atoms with van der Waals surface area (Å²) >= 11 is 0. The topological polar surface area (TPSA) is 53.4 Å². The third-order valence-corrected chi connectivity index (χ3v) is 3.70.